The standard InChI is InChI=1S/C9H11F3N2O2S/c1-8(2,6-13-3-4-17-6)14-7(15)16-5-9(10,11)12/h3-4H,5H2,1-2H3,(H,14,15). The molecule has 8 heteroatoms. The average Bonchev–Trinajstić information content (AvgIpc) is 2.66. The minimum absolute atomic E-state index is 0.585. The molecule has 1 amide bonds. The molecule has 1 rings (SSSR count). The van der Waals surface area contributed by atoms with Crippen molar-refractivity contribution in [2.75, 3.05) is 6.61 Å². The SMILES string of the molecule is CC(C)(NC(=O)OCC(F)(F)F)c1nccs1. The van der Waals surface area contributed by atoms with Gasteiger partial charge in [0.15, 0.2) is 6.61 Å². The van der Waals surface area contributed by atoms with Crippen LogP contribution in [0.1, 0.15) is 18.9 Å². The predicted molar refractivity (Wildman–Crippen MR) is 55.7 cm³/mol. The highest BCUT2D eigenvalue weighted by Crippen LogP contribution is 2.22. The van der Waals surface area contributed by atoms with Gasteiger partial charge in [-0.05, 0) is 13.8 Å². The van der Waals surface area contributed by atoms with Gasteiger partial charge in [0.25, 0.3) is 0 Å². The minimum Gasteiger partial charge on any atom is -0.440 e. The maximum Gasteiger partial charge on any atom is 0.422 e. The lowest BCUT2D eigenvalue weighted by atomic mass is 10.1. The summed E-state index contributed by atoms with van der Waals surface area (Å²) in [4.78, 5) is 15.1. The maximum atomic E-state index is 11.8. The van der Waals surface area contributed by atoms with Gasteiger partial charge >= 0.3 is 12.3 Å². The number of alkyl halides is 3. The van der Waals surface area contributed by atoms with Crippen LogP contribution in [0.5, 0.6) is 0 Å². The van der Waals surface area contributed by atoms with Crippen molar-refractivity contribution in [1.82, 2.24) is 10.3 Å². The molecule has 0 radical (unpaired) electrons. The molecule has 1 N–H and O–H groups in total. The van der Waals surface area contributed by atoms with Crippen LogP contribution in [0, 0.1) is 0 Å². The summed E-state index contributed by atoms with van der Waals surface area (Å²) in [6.07, 6.45) is -4.10. The third-order valence-electron chi connectivity index (χ3n) is 1.75. The minimum atomic E-state index is -4.53. The van der Waals surface area contributed by atoms with Crippen molar-refractivity contribution >= 4 is 17.4 Å². The molecule has 4 nitrogen and oxygen atoms in total. The Labute approximate surface area is 99.8 Å². The number of ether oxygens (including phenoxy) is 1. The lowest BCUT2D eigenvalue weighted by Crippen LogP contribution is -2.42. The van der Waals surface area contributed by atoms with E-state index in [0.29, 0.717) is 5.01 Å². The van der Waals surface area contributed by atoms with E-state index in [1.165, 1.54) is 11.3 Å². The van der Waals surface area contributed by atoms with Gasteiger partial charge in [-0.2, -0.15) is 13.2 Å². The number of halogens is 3. The number of rotatable bonds is 3. The highest BCUT2D eigenvalue weighted by molar-refractivity contribution is 7.09. The van der Waals surface area contributed by atoms with Crippen molar-refractivity contribution in [3.63, 3.8) is 0 Å². The Morgan fingerprint density at radius 3 is 2.65 bits per heavy atom. The molecule has 0 bridgehead atoms. The molecule has 0 fully saturated rings. The first-order chi connectivity index (χ1) is 7.71. The zero-order valence-corrected chi connectivity index (χ0v) is 9.98. The topological polar surface area (TPSA) is 51.2 Å². The number of aromatic nitrogens is 1. The van der Waals surface area contributed by atoms with Crippen molar-refractivity contribution in [2.45, 2.75) is 25.6 Å². The van der Waals surface area contributed by atoms with E-state index in [0.717, 1.165) is 0 Å². The van der Waals surface area contributed by atoms with Crippen molar-refractivity contribution < 1.29 is 22.7 Å². The molecule has 0 spiro atoms. The Kier molecular flexibility index (Phi) is 3.97. The molecule has 0 atom stereocenters. The quantitative estimate of drug-likeness (QED) is 0.917. The van der Waals surface area contributed by atoms with Gasteiger partial charge in [0.1, 0.15) is 5.01 Å². The Hall–Kier alpha value is -1.31. The fraction of sp³-hybridized carbons (Fsp3) is 0.556. The van der Waals surface area contributed by atoms with Crippen LogP contribution < -0.4 is 5.32 Å². The fourth-order valence-corrected chi connectivity index (χ4v) is 1.74. The van der Waals surface area contributed by atoms with Gasteiger partial charge in [-0.15, -0.1) is 11.3 Å². The second kappa shape index (κ2) is 4.91. The molecule has 0 saturated heterocycles. The van der Waals surface area contributed by atoms with Gasteiger partial charge in [0.2, 0.25) is 0 Å². The van der Waals surface area contributed by atoms with Gasteiger partial charge in [-0.1, -0.05) is 0 Å². The first kappa shape index (κ1) is 13.8. The van der Waals surface area contributed by atoms with Crippen molar-refractivity contribution in [2.24, 2.45) is 0 Å². The zero-order valence-electron chi connectivity index (χ0n) is 9.17. The van der Waals surface area contributed by atoms with Crippen LogP contribution in [0.3, 0.4) is 0 Å². The first-order valence-corrected chi connectivity index (χ1v) is 5.50. The molecule has 0 aromatic carbocycles. The molecule has 17 heavy (non-hydrogen) atoms. The highest BCUT2D eigenvalue weighted by atomic mass is 32.1. The molecule has 0 aliphatic rings. The number of carbonyl (C=O) groups excluding carboxylic acids is 1. The summed E-state index contributed by atoms with van der Waals surface area (Å²) in [6, 6.07) is 0. The van der Waals surface area contributed by atoms with Gasteiger partial charge < -0.3 is 10.1 Å². The van der Waals surface area contributed by atoms with Crippen LogP contribution in [0.15, 0.2) is 11.6 Å². The summed E-state index contributed by atoms with van der Waals surface area (Å²) in [5, 5.41) is 4.61. The third kappa shape index (κ3) is 4.59. The molecule has 1 aromatic heterocycles. The lowest BCUT2D eigenvalue weighted by molar-refractivity contribution is -0.160. The van der Waals surface area contributed by atoms with Crippen LogP contribution in [-0.2, 0) is 10.3 Å². The van der Waals surface area contributed by atoms with Crippen LogP contribution >= 0.6 is 11.3 Å². The molecule has 0 unspecified atom stereocenters. The smallest absolute Gasteiger partial charge is 0.422 e. The molecule has 1 heterocycles. The number of hydrogen-bond acceptors (Lipinski definition) is 4. The Morgan fingerprint density at radius 2 is 2.18 bits per heavy atom. The number of hydrogen-bond donors (Lipinski definition) is 1. The normalized spacial score (nSPS) is 12.3. The van der Waals surface area contributed by atoms with E-state index in [1.807, 2.05) is 0 Å². The Bertz CT molecular complexity index is 376. The molecular formula is C9H11F3N2O2S. The van der Waals surface area contributed by atoms with E-state index >= 15 is 0 Å². The number of amides is 1. The largest absolute Gasteiger partial charge is 0.440 e. The van der Waals surface area contributed by atoms with Crippen LogP contribution in [0.4, 0.5) is 18.0 Å². The Morgan fingerprint density at radius 1 is 1.53 bits per heavy atom. The summed E-state index contributed by atoms with van der Waals surface area (Å²) >= 11 is 1.29. The van der Waals surface area contributed by atoms with Crippen LogP contribution in [0.25, 0.3) is 0 Å². The monoisotopic (exact) mass is 268 g/mol. The molecule has 0 saturated carbocycles. The molecule has 0 aliphatic heterocycles. The van der Waals surface area contributed by atoms with E-state index in [2.05, 4.69) is 15.0 Å². The summed E-state index contributed by atoms with van der Waals surface area (Å²) in [7, 11) is 0. The summed E-state index contributed by atoms with van der Waals surface area (Å²) in [5.74, 6) is 0. The van der Waals surface area contributed by atoms with E-state index < -0.39 is 24.4 Å². The van der Waals surface area contributed by atoms with E-state index in [1.54, 1.807) is 25.4 Å². The van der Waals surface area contributed by atoms with E-state index in [9.17, 15) is 18.0 Å². The molecular weight excluding hydrogens is 257 g/mol. The number of nitrogens with zero attached hydrogens (tertiary/aromatic N) is 1. The zero-order chi connectivity index (χ0) is 13.1. The fourth-order valence-electron chi connectivity index (χ4n) is 1.02. The van der Waals surface area contributed by atoms with Gasteiger partial charge in [0, 0.05) is 11.6 Å². The number of thiazole rings is 1. The summed E-state index contributed by atoms with van der Waals surface area (Å²) in [5.41, 5.74) is -0.864. The molecule has 96 valence electrons. The molecule has 0 aliphatic carbocycles. The van der Waals surface area contributed by atoms with E-state index in [-0.39, 0.29) is 0 Å². The van der Waals surface area contributed by atoms with Gasteiger partial charge in [-0.3, -0.25) is 0 Å². The number of alkyl carbamates (subject to hydrolysis) is 1. The summed E-state index contributed by atoms with van der Waals surface area (Å²) < 4.78 is 39.5. The van der Waals surface area contributed by atoms with Crippen LogP contribution in [0.2, 0.25) is 0 Å². The third-order valence-corrected chi connectivity index (χ3v) is 2.85. The second-order valence-corrected chi connectivity index (χ2v) is 4.67. The number of nitrogens with one attached hydrogen (secondary N) is 1. The highest BCUT2D eigenvalue weighted by Gasteiger charge is 2.31. The summed E-state index contributed by atoms with van der Waals surface area (Å²) in [6.45, 7) is 1.65. The van der Waals surface area contributed by atoms with Crippen molar-refractivity contribution in [3.05, 3.63) is 16.6 Å². The number of carbonyl (C=O) groups is 1. The Balaban J connectivity index is 2.51. The molecule has 1 aromatic rings. The van der Waals surface area contributed by atoms with Gasteiger partial charge in [0.05, 0.1) is 5.54 Å². The van der Waals surface area contributed by atoms with E-state index in [4.69, 9.17) is 0 Å². The van der Waals surface area contributed by atoms with Crippen molar-refractivity contribution in [1.29, 1.82) is 0 Å². The van der Waals surface area contributed by atoms with Crippen LogP contribution in [-0.4, -0.2) is 23.9 Å². The lowest BCUT2D eigenvalue weighted by Gasteiger charge is -2.23. The van der Waals surface area contributed by atoms with Crippen molar-refractivity contribution in [3.8, 4) is 0 Å². The van der Waals surface area contributed by atoms with Gasteiger partial charge in [-0.25, -0.2) is 9.78 Å². The first-order valence-electron chi connectivity index (χ1n) is 4.62. The second-order valence-electron chi connectivity index (χ2n) is 3.78. The predicted octanol–water partition coefficient (Wildman–Crippen LogP) is 2.67. The average molecular weight is 268 g/mol. The maximum absolute atomic E-state index is 11.8.